The van der Waals surface area contributed by atoms with Gasteiger partial charge in [0.1, 0.15) is 0 Å². The fourth-order valence-corrected chi connectivity index (χ4v) is 3.74. The minimum atomic E-state index is -0.141. The van der Waals surface area contributed by atoms with Gasteiger partial charge in [-0.3, -0.25) is 9.69 Å². The van der Waals surface area contributed by atoms with Crippen LogP contribution in [0.1, 0.15) is 22.8 Å². The van der Waals surface area contributed by atoms with E-state index in [1.54, 1.807) is 35.0 Å². The topological polar surface area (TPSA) is 43.9 Å². The van der Waals surface area contributed by atoms with E-state index in [0.29, 0.717) is 47.5 Å². The number of hydrogen-bond donors (Lipinski definition) is 0. The van der Waals surface area contributed by atoms with Crippen LogP contribution in [0.5, 0.6) is 0 Å². The number of anilines is 1. The lowest BCUT2D eigenvalue weighted by Crippen LogP contribution is -2.53. The molecule has 1 aliphatic heterocycles. The third kappa shape index (κ3) is 4.59. The molecule has 7 heteroatoms. The number of nitrogens with zero attached hydrogens (tertiary/aromatic N) is 3. The van der Waals surface area contributed by atoms with E-state index in [9.17, 15) is 9.59 Å². The molecule has 1 saturated heterocycles. The molecule has 2 aromatic carbocycles. The molecule has 1 fully saturated rings. The van der Waals surface area contributed by atoms with Crippen molar-refractivity contribution >= 4 is 40.8 Å². The first-order valence-corrected chi connectivity index (χ1v) is 10.0. The van der Waals surface area contributed by atoms with Crippen molar-refractivity contribution < 1.29 is 9.59 Å². The Labute approximate surface area is 175 Å². The van der Waals surface area contributed by atoms with Crippen LogP contribution in [0.15, 0.2) is 42.5 Å². The molecular weight excluding hydrogens is 397 g/mol. The maximum absolute atomic E-state index is 12.8. The van der Waals surface area contributed by atoms with E-state index in [1.807, 2.05) is 24.3 Å². The summed E-state index contributed by atoms with van der Waals surface area (Å²) in [5, 5.41) is 0.957. The van der Waals surface area contributed by atoms with E-state index < -0.39 is 0 Å². The van der Waals surface area contributed by atoms with Crippen LogP contribution in [-0.2, 0) is 6.42 Å². The minimum absolute atomic E-state index is 0.00438. The Bertz CT molecular complexity index is 842. The average Bonchev–Trinajstić information content (AvgIpc) is 2.71. The van der Waals surface area contributed by atoms with Gasteiger partial charge in [0.2, 0.25) is 0 Å². The van der Waals surface area contributed by atoms with Crippen LogP contribution in [0.4, 0.5) is 10.5 Å². The third-order valence-electron chi connectivity index (χ3n) is 4.97. The lowest BCUT2D eigenvalue weighted by Gasteiger charge is -2.36. The Morgan fingerprint density at radius 1 is 0.929 bits per heavy atom. The van der Waals surface area contributed by atoms with E-state index in [1.165, 1.54) is 10.5 Å². The molecule has 2 aromatic rings. The molecular formula is C21H23Cl2N3O2. The van der Waals surface area contributed by atoms with Gasteiger partial charge in [0.15, 0.2) is 0 Å². The van der Waals surface area contributed by atoms with Gasteiger partial charge in [-0.2, -0.15) is 0 Å². The fourth-order valence-electron chi connectivity index (χ4n) is 3.22. The first-order valence-electron chi connectivity index (χ1n) is 9.26. The van der Waals surface area contributed by atoms with E-state index in [0.717, 1.165) is 6.42 Å². The highest BCUT2D eigenvalue weighted by molar-refractivity contribution is 6.35. The van der Waals surface area contributed by atoms with Crippen molar-refractivity contribution in [3.63, 3.8) is 0 Å². The first kappa shape index (κ1) is 20.5. The Morgan fingerprint density at radius 2 is 1.46 bits per heavy atom. The number of benzene rings is 2. The van der Waals surface area contributed by atoms with Crippen LogP contribution in [0, 0.1) is 0 Å². The van der Waals surface area contributed by atoms with E-state index >= 15 is 0 Å². The zero-order valence-corrected chi connectivity index (χ0v) is 17.5. The third-order valence-corrected chi connectivity index (χ3v) is 5.40. The molecule has 0 unspecified atom stereocenters. The molecule has 0 aliphatic carbocycles. The standard InChI is InChI=1S/C21H23Cl2N3O2/c1-3-15-4-6-16(7-5-15)20(27)25-8-10-26(11-9-25)21(28)24(2)19-13-17(22)12-18(23)14-19/h4-7,12-14H,3,8-11H2,1-2H3. The summed E-state index contributed by atoms with van der Waals surface area (Å²) in [6.45, 7) is 4.06. The molecule has 0 radical (unpaired) electrons. The largest absolute Gasteiger partial charge is 0.335 e. The second-order valence-electron chi connectivity index (χ2n) is 6.80. The van der Waals surface area contributed by atoms with Gasteiger partial charge in [0.05, 0.1) is 0 Å². The van der Waals surface area contributed by atoms with Crippen molar-refractivity contribution in [2.75, 3.05) is 38.1 Å². The van der Waals surface area contributed by atoms with Crippen molar-refractivity contribution in [1.29, 1.82) is 0 Å². The molecule has 0 spiro atoms. The summed E-state index contributed by atoms with van der Waals surface area (Å²) in [6.07, 6.45) is 0.945. The summed E-state index contributed by atoms with van der Waals surface area (Å²) in [5.41, 5.74) is 2.52. The maximum atomic E-state index is 12.8. The predicted octanol–water partition coefficient (Wildman–Crippen LogP) is 4.57. The number of rotatable bonds is 3. The summed E-state index contributed by atoms with van der Waals surface area (Å²) in [5.74, 6) is 0.00438. The number of halogens is 2. The Morgan fingerprint density at radius 3 is 2.00 bits per heavy atom. The summed E-state index contributed by atoms with van der Waals surface area (Å²) in [6, 6.07) is 12.6. The van der Waals surface area contributed by atoms with Gasteiger partial charge in [0, 0.05) is 54.5 Å². The van der Waals surface area contributed by atoms with Crippen LogP contribution >= 0.6 is 23.2 Å². The first-order chi connectivity index (χ1) is 13.4. The SMILES string of the molecule is CCc1ccc(C(=O)N2CCN(C(=O)N(C)c3cc(Cl)cc(Cl)c3)CC2)cc1. The Hall–Kier alpha value is -2.24. The fraction of sp³-hybridized carbons (Fsp3) is 0.333. The van der Waals surface area contributed by atoms with Crippen molar-refractivity contribution in [1.82, 2.24) is 9.80 Å². The minimum Gasteiger partial charge on any atom is -0.335 e. The zero-order valence-electron chi connectivity index (χ0n) is 16.0. The molecule has 28 heavy (non-hydrogen) atoms. The quantitative estimate of drug-likeness (QED) is 0.730. The molecule has 148 valence electrons. The summed E-state index contributed by atoms with van der Waals surface area (Å²) in [7, 11) is 1.69. The number of urea groups is 1. The second-order valence-corrected chi connectivity index (χ2v) is 7.67. The highest BCUT2D eigenvalue weighted by atomic mass is 35.5. The van der Waals surface area contributed by atoms with Gasteiger partial charge in [-0.1, -0.05) is 42.3 Å². The van der Waals surface area contributed by atoms with E-state index in [4.69, 9.17) is 23.2 Å². The summed E-state index contributed by atoms with van der Waals surface area (Å²) < 4.78 is 0. The number of amides is 3. The number of hydrogen-bond acceptors (Lipinski definition) is 2. The van der Waals surface area contributed by atoms with Gasteiger partial charge in [0.25, 0.3) is 5.91 Å². The van der Waals surface area contributed by atoms with Crippen molar-refractivity contribution in [2.24, 2.45) is 0 Å². The molecule has 1 heterocycles. The molecule has 3 rings (SSSR count). The molecule has 0 bridgehead atoms. The van der Waals surface area contributed by atoms with Crippen LogP contribution in [0.3, 0.4) is 0 Å². The Kier molecular flexibility index (Phi) is 6.47. The lowest BCUT2D eigenvalue weighted by molar-refractivity contribution is 0.0669. The van der Waals surface area contributed by atoms with Crippen molar-refractivity contribution in [3.05, 3.63) is 63.6 Å². The summed E-state index contributed by atoms with van der Waals surface area (Å²) in [4.78, 5) is 30.5. The maximum Gasteiger partial charge on any atom is 0.324 e. The number of carbonyl (C=O) groups excluding carboxylic acids is 2. The number of piperazine rings is 1. The van der Waals surface area contributed by atoms with Crippen LogP contribution in [0.25, 0.3) is 0 Å². The van der Waals surface area contributed by atoms with Crippen LogP contribution in [-0.4, -0.2) is 55.0 Å². The van der Waals surface area contributed by atoms with Gasteiger partial charge < -0.3 is 9.80 Å². The van der Waals surface area contributed by atoms with Crippen molar-refractivity contribution in [2.45, 2.75) is 13.3 Å². The smallest absolute Gasteiger partial charge is 0.324 e. The van der Waals surface area contributed by atoms with Gasteiger partial charge in [-0.25, -0.2) is 4.79 Å². The molecule has 0 atom stereocenters. The molecule has 5 nitrogen and oxygen atoms in total. The van der Waals surface area contributed by atoms with Crippen LogP contribution in [0.2, 0.25) is 10.0 Å². The van der Waals surface area contributed by atoms with E-state index in [2.05, 4.69) is 6.92 Å². The molecule has 0 saturated carbocycles. The van der Waals surface area contributed by atoms with E-state index in [-0.39, 0.29) is 11.9 Å². The predicted molar refractivity (Wildman–Crippen MR) is 114 cm³/mol. The monoisotopic (exact) mass is 419 g/mol. The lowest BCUT2D eigenvalue weighted by atomic mass is 10.1. The zero-order chi connectivity index (χ0) is 20.3. The number of carbonyl (C=O) groups is 2. The van der Waals surface area contributed by atoms with Crippen LogP contribution < -0.4 is 4.90 Å². The van der Waals surface area contributed by atoms with Gasteiger partial charge in [-0.05, 0) is 42.3 Å². The summed E-state index contributed by atoms with van der Waals surface area (Å²) >= 11 is 12.1. The normalized spacial score (nSPS) is 14.1. The molecule has 0 aromatic heterocycles. The molecule has 0 N–H and O–H groups in total. The highest BCUT2D eigenvalue weighted by Crippen LogP contribution is 2.25. The number of aryl methyl sites for hydroxylation is 1. The molecule has 1 aliphatic rings. The molecule has 3 amide bonds. The Balaban J connectivity index is 1.60. The van der Waals surface area contributed by atoms with Gasteiger partial charge >= 0.3 is 6.03 Å². The van der Waals surface area contributed by atoms with Gasteiger partial charge in [-0.15, -0.1) is 0 Å². The average molecular weight is 420 g/mol. The highest BCUT2D eigenvalue weighted by Gasteiger charge is 2.27. The van der Waals surface area contributed by atoms with Crippen molar-refractivity contribution in [3.8, 4) is 0 Å². The second kappa shape index (κ2) is 8.84.